The second-order valence-electron chi connectivity index (χ2n) is 6.97. The number of esters is 2. The molecule has 1 aliphatic rings. The topological polar surface area (TPSA) is 52.6 Å². The smallest absolute Gasteiger partial charge is 0.323 e. The number of aryl methyl sites for hydroxylation is 1. The maximum absolute atomic E-state index is 12.5. The van der Waals surface area contributed by atoms with Crippen LogP contribution in [0.25, 0.3) is 0 Å². The lowest BCUT2D eigenvalue weighted by molar-refractivity contribution is -0.168. The second kappa shape index (κ2) is 8.50. The second-order valence-corrected chi connectivity index (χ2v) is 6.97. The first-order chi connectivity index (χ1) is 12.0. The van der Waals surface area contributed by atoms with Gasteiger partial charge in [-0.2, -0.15) is 0 Å². The van der Waals surface area contributed by atoms with Crippen LogP contribution in [-0.2, 0) is 44.7 Å². The summed E-state index contributed by atoms with van der Waals surface area (Å²) in [7, 11) is 2.67. The summed E-state index contributed by atoms with van der Waals surface area (Å²) in [6.07, 6.45) is 7.34. The number of hydrogen-bond acceptors (Lipinski definition) is 4. The summed E-state index contributed by atoms with van der Waals surface area (Å²) in [6, 6.07) is 4.27. The van der Waals surface area contributed by atoms with Crippen molar-refractivity contribution in [2.24, 2.45) is 5.41 Å². The molecular formula is C21H30O4. The Morgan fingerprint density at radius 1 is 0.960 bits per heavy atom. The summed E-state index contributed by atoms with van der Waals surface area (Å²) in [4.78, 5) is 24.9. The highest BCUT2D eigenvalue weighted by molar-refractivity contribution is 6.01. The van der Waals surface area contributed by atoms with Gasteiger partial charge in [0.2, 0.25) is 0 Å². The molecule has 138 valence electrons. The largest absolute Gasteiger partial charge is 0.468 e. The predicted molar refractivity (Wildman–Crippen MR) is 97.5 cm³/mol. The molecule has 0 unspecified atom stereocenters. The molecule has 4 heteroatoms. The van der Waals surface area contributed by atoms with Gasteiger partial charge in [0.1, 0.15) is 0 Å². The molecule has 0 amide bonds. The van der Waals surface area contributed by atoms with Crippen LogP contribution in [0.1, 0.15) is 61.8 Å². The molecule has 0 spiro atoms. The average molecular weight is 346 g/mol. The molecule has 0 heterocycles. The Labute approximate surface area is 150 Å². The van der Waals surface area contributed by atoms with Crippen LogP contribution in [0.4, 0.5) is 0 Å². The van der Waals surface area contributed by atoms with Gasteiger partial charge in [0.05, 0.1) is 14.2 Å². The van der Waals surface area contributed by atoms with Crippen molar-refractivity contribution >= 4 is 11.9 Å². The van der Waals surface area contributed by atoms with E-state index < -0.39 is 17.4 Å². The SMILES string of the molecule is CCCCc1ccc2c(c1CCCC)CC(C(=O)OC)(C(=O)OC)C2. The van der Waals surface area contributed by atoms with Crippen LogP contribution in [0.5, 0.6) is 0 Å². The maximum atomic E-state index is 12.5. The first-order valence-electron chi connectivity index (χ1n) is 9.33. The summed E-state index contributed by atoms with van der Waals surface area (Å²) >= 11 is 0. The molecule has 0 N–H and O–H groups in total. The third-order valence-corrected chi connectivity index (χ3v) is 5.33. The van der Waals surface area contributed by atoms with Gasteiger partial charge < -0.3 is 9.47 Å². The van der Waals surface area contributed by atoms with Gasteiger partial charge in [-0.25, -0.2) is 0 Å². The lowest BCUT2D eigenvalue weighted by Crippen LogP contribution is -2.42. The van der Waals surface area contributed by atoms with E-state index in [-0.39, 0.29) is 0 Å². The molecule has 2 rings (SSSR count). The van der Waals surface area contributed by atoms with Crippen molar-refractivity contribution in [2.75, 3.05) is 14.2 Å². The first-order valence-corrected chi connectivity index (χ1v) is 9.33. The van der Waals surface area contributed by atoms with Crippen molar-refractivity contribution in [1.82, 2.24) is 0 Å². The zero-order valence-electron chi connectivity index (χ0n) is 15.9. The normalized spacial score (nSPS) is 14.9. The molecule has 1 aliphatic carbocycles. The van der Waals surface area contributed by atoms with Crippen molar-refractivity contribution in [1.29, 1.82) is 0 Å². The average Bonchev–Trinajstić information content (AvgIpc) is 3.04. The van der Waals surface area contributed by atoms with Crippen molar-refractivity contribution in [3.8, 4) is 0 Å². The number of unbranched alkanes of at least 4 members (excludes halogenated alkanes) is 2. The van der Waals surface area contributed by atoms with E-state index in [9.17, 15) is 9.59 Å². The molecule has 0 saturated heterocycles. The van der Waals surface area contributed by atoms with Gasteiger partial charge in [-0.3, -0.25) is 9.59 Å². The lowest BCUT2D eigenvalue weighted by atomic mass is 9.84. The molecule has 0 bridgehead atoms. The highest BCUT2D eigenvalue weighted by atomic mass is 16.5. The van der Waals surface area contributed by atoms with Crippen molar-refractivity contribution in [3.05, 3.63) is 34.4 Å². The Morgan fingerprint density at radius 3 is 2.12 bits per heavy atom. The van der Waals surface area contributed by atoms with Crippen molar-refractivity contribution in [3.63, 3.8) is 0 Å². The summed E-state index contributed by atoms with van der Waals surface area (Å²) in [5, 5.41) is 0. The molecule has 1 aromatic carbocycles. The van der Waals surface area contributed by atoms with Gasteiger partial charge in [0.25, 0.3) is 0 Å². The van der Waals surface area contributed by atoms with Crippen molar-refractivity contribution in [2.45, 2.75) is 65.2 Å². The van der Waals surface area contributed by atoms with E-state index in [1.807, 2.05) is 0 Å². The maximum Gasteiger partial charge on any atom is 0.323 e. The quantitative estimate of drug-likeness (QED) is 0.531. The Balaban J connectivity index is 2.46. The number of benzene rings is 1. The molecule has 0 radical (unpaired) electrons. The van der Waals surface area contributed by atoms with E-state index in [2.05, 4.69) is 26.0 Å². The molecule has 0 atom stereocenters. The van der Waals surface area contributed by atoms with Gasteiger partial charge in [-0.1, -0.05) is 38.8 Å². The number of ether oxygens (including phenoxy) is 2. The molecule has 0 aliphatic heterocycles. The van der Waals surface area contributed by atoms with Crippen LogP contribution in [0.3, 0.4) is 0 Å². The van der Waals surface area contributed by atoms with E-state index in [4.69, 9.17) is 9.47 Å². The molecule has 4 nitrogen and oxygen atoms in total. The fourth-order valence-corrected chi connectivity index (χ4v) is 3.89. The minimum Gasteiger partial charge on any atom is -0.468 e. The Morgan fingerprint density at radius 2 is 1.56 bits per heavy atom. The molecule has 0 aromatic heterocycles. The fourth-order valence-electron chi connectivity index (χ4n) is 3.89. The van der Waals surface area contributed by atoms with Crippen LogP contribution in [0, 0.1) is 5.41 Å². The fraction of sp³-hybridized carbons (Fsp3) is 0.619. The van der Waals surface area contributed by atoms with Gasteiger partial charge in [-0.15, -0.1) is 0 Å². The number of methoxy groups -OCH3 is 2. The summed E-state index contributed by atoms with van der Waals surface area (Å²) in [5.74, 6) is -0.987. The van der Waals surface area contributed by atoms with E-state index in [1.54, 1.807) is 0 Å². The minimum atomic E-state index is -1.23. The number of rotatable bonds is 8. The van der Waals surface area contributed by atoms with Crippen LogP contribution >= 0.6 is 0 Å². The number of fused-ring (bicyclic) bond motifs is 1. The summed E-state index contributed by atoms with van der Waals surface area (Å²) in [5.41, 5.74) is 3.72. The zero-order valence-corrected chi connectivity index (χ0v) is 15.9. The van der Waals surface area contributed by atoms with Crippen LogP contribution in [0.15, 0.2) is 12.1 Å². The van der Waals surface area contributed by atoms with Crippen LogP contribution < -0.4 is 0 Å². The molecule has 0 saturated carbocycles. The molecular weight excluding hydrogens is 316 g/mol. The molecule has 1 aromatic rings. The highest BCUT2D eigenvalue weighted by Crippen LogP contribution is 2.42. The highest BCUT2D eigenvalue weighted by Gasteiger charge is 2.53. The van der Waals surface area contributed by atoms with Crippen molar-refractivity contribution < 1.29 is 19.1 Å². The monoisotopic (exact) mass is 346 g/mol. The van der Waals surface area contributed by atoms with Gasteiger partial charge in [-0.05, 0) is 54.4 Å². The molecule has 25 heavy (non-hydrogen) atoms. The third-order valence-electron chi connectivity index (χ3n) is 5.33. The third kappa shape index (κ3) is 3.73. The Bertz CT molecular complexity index is 617. The molecule has 0 fully saturated rings. The number of carbonyl (C=O) groups excluding carboxylic acids is 2. The van der Waals surface area contributed by atoms with Gasteiger partial charge in [0, 0.05) is 6.42 Å². The van der Waals surface area contributed by atoms with E-state index in [0.717, 1.165) is 49.7 Å². The number of hydrogen-bond donors (Lipinski definition) is 0. The first kappa shape index (κ1) is 19.5. The Kier molecular flexibility index (Phi) is 6.63. The van der Waals surface area contributed by atoms with E-state index in [1.165, 1.54) is 25.3 Å². The van der Waals surface area contributed by atoms with Crippen LogP contribution in [-0.4, -0.2) is 26.2 Å². The van der Waals surface area contributed by atoms with Gasteiger partial charge in [0.15, 0.2) is 5.41 Å². The van der Waals surface area contributed by atoms with Gasteiger partial charge >= 0.3 is 11.9 Å². The predicted octanol–water partition coefficient (Wildman–Crippen LogP) is 3.80. The van der Waals surface area contributed by atoms with Crippen LogP contribution in [0.2, 0.25) is 0 Å². The minimum absolute atomic E-state index is 0.370. The number of carbonyl (C=O) groups is 2. The standard InChI is InChI=1S/C21H30O4/c1-5-7-9-15-11-12-16-13-21(19(22)24-3,20(23)25-4)14-18(16)17(15)10-8-6-2/h11-12H,5-10,13-14H2,1-4H3. The summed E-state index contributed by atoms with van der Waals surface area (Å²) in [6.45, 7) is 4.38. The van der Waals surface area contributed by atoms with E-state index >= 15 is 0 Å². The lowest BCUT2D eigenvalue weighted by Gasteiger charge is -2.22. The van der Waals surface area contributed by atoms with E-state index in [0.29, 0.717) is 12.8 Å². The summed E-state index contributed by atoms with van der Waals surface area (Å²) < 4.78 is 9.94. The zero-order chi connectivity index (χ0) is 18.4. The Hall–Kier alpha value is -1.84.